The van der Waals surface area contributed by atoms with Crippen molar-refractivity contribution in [1.29, 1.82) is 0 Å². The van der Waals surface area contributed by atoms with E-state index < -0.39 is 6.10 Å². The second-order valence-corrected chi connectivity index (χ2v) is 20.6. The van der Waals surface area contributed by atoms with Crippen molar-refractivity contribution in [2.24, 2.45) is 0 Å². The Labute approximate surface area is 457 Å². The SMILES string of the molecule is CC/C=C\C/C=C\C/C=C\C/C=C\C/C=C\C/C=C\C/C=C\C/C=C\CCCCCCC(=O)OCC(COC(=O)CCCCCCCCCCCCC)OC(=O)CCCCCCCCCCCCCCCCCC. The summed E-state index contributed by atoms with van der Waals surface area (Å²) in [5, 5.41) is 0. The molecule has 424 valence electrons. The topological polar surface area (TPSA) is 78.9 Å². The second kappa shape index (κ2) is 61.9. The molecule has 0 spiro atoms. The molecule has 0 amide bonds. The maximum absolute atomic E-state index is 12.9. The zero-order valence-corrected chi connectivity index (χ0v) is 48.6. The number of ether oxygens (including phenoxy) is 3. The van der Waals surface area contributed by atoms with E-state index in [1.807, 2.05) is 0 Å². The van der Waals surface area contributed by atoms with Crippen molar-refractivity contribution in [3.63, 3.8) is 0 Å². The predicted octanol–water partition coefficient (Wildman–Crippen LogP) is 21.3. The summed E-state index contributed by atoms with van der Waals surface area (Å²) in [5.74, 6) is -0.898. The zero-order chi connectivity index (χ0) is 53.6. The van der Waals surface area contributed by atoms with Crippen LogP contribution < -0.4 is 0 Å². The molecule has 0 aliphatic carbocycles. The van der Waals surface area contributed by atoms with Gasteiger partial charge in [0.15, 0.2) is 6.10 Å². The lowest BCUT2D eigenvalue weighted by Crippen LogP contribution is -2.30. The Morgan fingerprint density at radius 3 is 0.824 bits per heavy atom. The van der Waals surface area contributed by atoms with Crippen LogP contribution in [0, 0.1) is 0 Å². The molecule has 0 aliphatic heterocycles. The van der Waals surface area contributed by atoms with Gasteiger partial charge in [-0.1, -0.05) is 291 Å². The number of unbranched alkanes of at least 4 members (excludes halogenated alkanes) is 29. The summed E-state index contributed by atoms with van der Waals surface area (Å²) in [7, 11) is 0. The van der Waals surface area contributed by atoms with E-state index in [-0.39, 0.29) is 31.1 Å². The van der Waals surface area contributed by atoms with Crippen LogP contribution in [0.4, 0.5) is 0 Å². The van der Waals surface area contributed by atoms with Crippen molar-refractivity contribution >= 4 is 17.9 Å². The highest BCUT2D eigenvalue weighted by molar-refractivity contribution is 5.71. The van der Waals surface area contributed by atoms with Gasteiger partial charge in [0.05, 0.1) is 0 Å². The van der Waals surface area contributed by atoms with E-state index in [9.17, 15) is 14.4 Å². The molecule has 0 aromatic carbocycles. The molecule has 0 rings (SSSR count). The van der Waals surface area contributed by atoms with E-state index in [0.29, 0.717) is 19.3 Å². The molecule has 0 aromatic heterocycles. The van der Waals surface area contributed by atoms with Crippen molar-refractivity contribution in [1.82, 2.24) is 0 Å². The molecule has 0 radical (unpaired) electrons. The first-order valence-corrected chi connectivity index (χ1v) is 31.2. The van der Waals surface area contributed by atoms with Gasteiger partial charge >= 0.3 is 17.9 Å². The molecule has 0 aliphatic rings. The van der Waals surface area contributed by atoms with Gasteiger partial charge in [-0.15, -0.1) is 0 Å². The monoisotopic (exact) mass is 1030 g/mol. The molecule has 0 fully saturated rings. The molecule has 74 heavy (non-hydrogen) atoms. The molecular formula is C68H116O6. The summed E-state index contributed by atoms with van der Waals surface area (Å²) in [6, 6.07) is 0. The highest BCUT2D eigenvalue weighted by Crippen LogP contribution is 2.16. The minimum Gasteiger partial charge on any atom is -0.462 e. The molecule has 0 heterocycles. The number of rotatable bonds is 56. The summed E-state index contributed by atoms with van der Waals surface area (Å²) in [6.45, 7) is 6.52. The number of hydrogen-bond acceptors (Lipinski definition) is 6. The second-order valence-electron chi connectivity index (χ2n) is 20.6. The van der Waals surface area contributed by atoms with E-state index in [0.717, 1.165) is 122 Å². The highest BCUT2D eigenvalue weighted by atomic mass is 16.6. The van der Waals surface area contributed by atoms with E-state index >= 15 is 0 Å². The van der Waals surface area contributed by atoms with Gasteiger partial charge in [0, 0.05) is 19.3 Å². The van der Waals surface area contributed by atoms with Gasteiger partial charge in [-0.3, -0.25) is 14.4 Å². The lowest BCUT2D eigenvalue weighted by molar-refractivity contribution is -0.167. The minimum absolute atomic E-state index is 0.0817. The van der Waals surface area contributed by atoms with Gasteiger partial charge in [-0.2, -0.15) is 0 Å². The molecule has 0 bridgehead atoms. The lowest BCUT2D eigenvalue weighted by atomic mass is 10.0. The molecule has 0 saturated carbocycles. The average Bonchev–Trinajstić information content (AvgIpc) is 3.40. The van der Waals surface area contributed by atoms with Crippen LogP contribution in [0.25, 0.3) is 0 Å². The Kier molecular flexibility index (Phi) is 58.8. The third-order valence-corrected chi connectivity index (χ3v) is 13.4. The molecule has 0 N–H and O–H groups in total. The van der Waals surface area contributed by atoms with E-state index in [1.54, 1.807) is 0 Å². The summed E-state index contributed by atoms with van der Waals surface area (Å²) in [6.07, 6.45) is 82.7. The summed E-state index contributed by atoms with van der Waals surface area (Å²) >= 11 is 0. The van der Waals surface area contributed by atoms with Crippen LogP contribution in [0.15, 0.2) is 97.2 Å². The first kappa shape index (κ1) is 70.3. The summed E-state index contributed by atoms with van der Waals surface area (Å²) in [4.78, 5) is 38.2. The van der Waals surface area contributed by atoms with Crippen LogP contribution in [0.1, 0.15) is 297 Å². The fourth-order valence-corrected chi connectivity index (χ4v) is 8.69. The summed E-state index contributed by atoms with van der Waals surface area (Å²) < 4.78 is 16.9. The van der Waals surface area contributed by atoms with Gasteiger partial charge in [0.2, 0.25) is 0 Å². The van der Waals surface area contributed by atoms with Gasteiger partial charge in [0.25, 0.3) is 0 Å². The van der Waals surface area contributed by atoms with Crippen molar-refractivity contribution < 1.29 is 28.6 Å². The Morgan fingerprint density at radius 2 is 0.527 bits per heavy atom. The number of hydrogen-bond donors (Lipinski definition) is 0. The van der Waals surface area contributed by atoms with Gasteiger partial charge in [0.1, 0.15) is 13.2 Å². The Bertz CT molecular complexity index is 1460. The van der Waals surface area contributed by atoms with Crippen LogP contribution in [-0.4, -0.2) is 37.2 Å². The number of carbonyl (C=O) groups excluding carboxylic acids is 3. The molecule has 0 saturated heterocycles. The standard InChI is InChI=1S/C68H116O6/c1-4-7-10-13-16-19-22-24-26-28-29-30-31-32-33-34-35-36-37-38-39-40-42-43-46-49-52-55-58-61-67(70)73-64-65(63-72-66(69)60-57-54-51-48-45-21-18-15-12-9-6-3)74-68(71)62-59-56-53-50-47-44-41-27-25-23-20-17-14-11-8-5-2/h7,10,16,19,24,26,29-30,32-33,35-36,38-39,42-43,65H,4-6,8-9,11-15,17-18,20-23,25,27-28,31,34,37,40-41,44-64H2,1-3H3/b10-7-,19-16-,26-24-,30-29-,33-32-,36-35-,39-38-,43-42-. The Hall–Kier alpha value is -3.67. The third-order valence-electron chi connectivity index (χ3n) is 13.4. The van der Waals surface area contributed by atoms with Gasteiger partial charge < -0.3 is 14.2 Å². The first-order valence-electron chi connectivity index (χ1n) is 31.2. The number of esters is 3. The van der Waals surface area contributed by atoms with Crippen LogP contribution in [0.3, 0.4) is 0 Å². The largest absolute Gasteiger partial charge is 0.462 e. The van der Waals surface area contributed by atoms with Crippen molar-refractivity contribution in [3.8, 4) is 0 Å². The molecule has 6 heteroatoms. The molecule has 6 nitrogen and oxygen atoms in total. The Morgan fingerprint density at radius 1 is 0.284 bits per heavy atom. The third kappa shape index (κ3) is 59.2. The highest BCUT2D eigenvalue weighted by Gasteiger charge is 2.19. The molecule has 1 atom stereocenters. The van der Waals surface area contributed by atoms with Gasteiger partial charge in [-0.25, -0.2) is 0 Å². The minimum atomic E-state index is -0.785. The first-order chi connectivity index (χ1) is 36.5. The Balaban J connectivity index is 4.32. The fraction of sp³-hybridized carbons (Fsp3) is 0.721. The zero-order valence-electron chi connectivity index (χ0n) is 48.6. The quantitative estimate of drug-likeness (QED) is 0.0261. The van der Waals surface area contributed by atoms with Crippen LogP contribution in [-0.2, 0) is 28.6 Å². The molecule has 1 unspecified atom stereocenters. The fourth-order valence-electron chi connectivity index (χ4n) is 8.69. The van der Waals surface area contributed by atoms with E-state index in [2.05, 4.69) is 118 Å². The van der Waals surface area contributed by atoms with E-state index in [1.165, 1.54) is 135 Å². The predicted molar refractivity (Wildman–Crippen MR) is 320 cm³/mol. The van der Waals surface area contributed by atoms with Crippen molar-refractivity contribution in [2.75, 3.05) is 13.2 Å². The van der Waals surface area contributed by atoms with Crippen LogP contribution >= 0.6 is 0 Å². The smallest absolute Gasteiger partial charge is 0.306 e. The molecule has 0 aromatic rings. The number of allylic oxidation sites excluding steroid dienone is 16. The maximum Gasteiger partial charge on any atom is 0.306 e. The summed E-state index contributed by atoms with van der Waals surface area (Å²) in [5.41, 5.74) is 0. The molecular weight excluding hydrogens is 913 g/mol. The number of carbonyl (C=O) groups is 3. The normalized spacial score (nSPS) is 12.7. The van der Waals surface area contributed by atoms with Crippen LogP contribution in [0.5, 0.6) is 0 Å². The van der Waals surface area contributed by atoms with Gasteiger partial charge in [-0.05, 0) is 83.5 Å². The van der Waals surface area contributed by atoms with E-state index in [4.69, 9.17) is 14.2 Å². The van der Waals surface area contributed by atoms with Crippen molar-refractivity contribution in [3.05, 3.63) is 97.2 Å². The lowest BCUT2D eigenvalue weighted by Gasteiger charge is -2.18. The van der Waals surface area contributed by atoms with Crippen LogP contribution in [0.2, 0.25) is 0 Å². The van der Waals surface area contributed by atoms with Crippen molar-refractivity contribution in [2.45, 2.75) is 303 Å². The maximum atomic E-state index is 12.9. The average molecular weight is 1030 g/mol.